The number of tetrazole rings is 1. The molecule has 3 rings (SSSR count). The van der Waals surface area contributed by atoms with Gasteiger partial charge in [-0.25, -0.2) is 13.1 Å². The van der Waals surface area contributed by atoms with Crippen LogP contribution in [0.3, 0.4) is 0 Å². The van der Waals surface area contributed by atoms with Gasteiger partial charge in [-0.15, -0.1) is 5.10 Å². The third-order valence-electron chi connectivity index (χ3n) is 3.92. The fourth-order valence-electron chi connectivity index (χ4n) is 3.00. The number of piperidine rings is 1. The maximum absolute atomic E-state index is 12.8. The van der Waals surface area contributed by atoms with Gasteiger partial charge in [0, 0.05) is 13.1 Å². The van der Waals surface area contributed by atoms with E-state index >= 15 is 0 Å². The average Bonchev–Trinajstić information content (AvgIpc) is 3.00. The number of rotatable bonds is 3. The third-order valence-corrected chi connectivity index (χ3v) is 5.77. The van der Waals surface area contributed by atoms with Gasteiger partial charge in [0.25, 0.3) is 0 Å². The van der Waals surface area contributed by atoms with Crippen LogP contribution in [0.25, 0.3) is 5.69 Å². The van der Waals surface area contributed by atoms with E-state index in [1.807, 2.05) is 0 Å². The highest BCUT2D eigenvalue weighted by molar-refractivity contribution is 7.89. The molecule has 1 aromatic carbocycles. The van der Waals surface area contributed by atoms with Gasteiger partial charge in [-0.05, 0) is 52.9 Å². The van der Waals surface area contributed by atoms with Gasteiger partial charge >= 0.3 is 0 Å². The van der Waals surface area contributed by atoms with E-state index in [9.17, 15) is 8.42 Å². The van der Waals surface area contributed by atoms with Gasteiger partial charge in [0.1, 0.15) is 6.33 Å². The summed E-state index contributed by atoms with van der Waals surface area (Å²) < 4.78 is 28.6. The zero-order chi connectivity index (χ0) is 15.7. The molecule has 2 aromatic rings. The van der Waals surface area contributed by atoms with Gasteiger partial charge in [-0.1, -0.05) is 13.8 Å². The summed E-state index contributed by atoms with van der Waals surface area (Å²) in [5.41, 5.74) is 0.726. The van der Waals surface area contributed by atoms with Crippen molar-refractivity contribution in [2.75, 3.05) is 13.1 Å². The Hall–Kier alpha value is -1.80. The molecule has 1 aromatic heterocycles. The molecular weight excluding hydrogens is 302 g/mol. The van der Waals surface area contributed by atoms with E-state index in [-0.39, 0.29) is 0 Å². The van der Waals surface area contributed by atoms with Crippen molar-refractivity contribution in [1.82, 2.24) is 24.5 Å². The second-order valence-electron chi connectivity index (χ2n) is 6.02. The number of nitrogens with zero attached hydrogens (tertiary/aromatic N) is 5. The molecule has 1 aliphatic rings. The number of aromatic nitrogens is 4. The molecule has 7 nitrogen and oxygen atoms in total. The minimum atomic E-state index is -3.44. The van der Waals surface area contributed by atoms with Gasteiger partial charge in [-0.3, -0.25) is 0 Å². The number of hydrogen-bond acceptors (Lipinski definition) is 5. The lowest BCUT2D eigenvalue weighted by molar-refractivity contribution is 0.222. The minimum absolute atomic E-state index is 0.311. The van der Waals surface area contributed by atoms with E-state index in [2.05, 4.69) is 29.4 Å². The first kappa shape index (κ1) is 15.1. The molecule has 1 fully saturated rings. The van der Waals surface area contributed by atoms with Crippen LogP contribution < -0.4 is 0 Å². The lowest BCUT2D eigenvalue weighted by Gasteiger charge is -2.34. The van der Waals surface area contributed by atoms with Crippen molar-refractivity contribution in [2.24, 2.45) is 11.8 Å². The maximum Gasteiger partial charge on any atom is 0.243 e. The number of hydrogen-bond donors (Lipinski definition) is 0. The van der Waals surface area contributed by atoms with Crippen LogP contribution in [0.5, 0.6) is 0 Å². The van der Waals surface area contributed by atoms with Crippen molar-refractivity contribution >= 4 is 10.0 Å². The molecule has 22 heavy (non-hydrogen) atoms. The molecule has 1 saturated heterocycles. The van der Waals surface area contributed by atoms with Gasteiger partial charge in [-0.2, -0.15) is 4.31 Å². The zero-order valence-corrected chi connectivity index (χ0v) is 13.4. The van der Waals surface area contributed by atoms with E-state index in [1.54, 1.807) is 28.6 Å². The van der Waals surface area contributed by atoms with Crippen molar-refractivity contribution in [2.45, 2.75) is 25.2 Å². The smallest absolute Gasteiger partial charge is 0.207 e. The summed E-state index contributed by atoms with van der Waals surface area (Å²) in [6.45, 7) is 5.36. The van der Waals surface area contributed by atoms with Gasteiger partial charge in [0.2, 0.25) is 10.0 Å². The van der Waals surface area contributed by atoms with Crippen LogP contribution in [0.15, 0.2) is 35.5 Å². The summed E-state index contributed by atoms with van der Waals surface area (Å²) >= 11 is 0. The second kappa shape index (κ2) is 5.77. The summed E-state index contributed by atoms with van der Waals surface area (Å²) in [7, 11) is -3.44. The van der Waals surface area contributed by atoms with E-state index in [4.69, 9.17) is 0 Å². The summed E-state index contributed by atoms with van der Waals surface area (Å²) in [5, 5.41) is 10.9. The van der Waals surface area contributed by atoms with E-state index in [1.165, 1.54) is 11.0 Å². The molecule has 8 heteroatoms. The molecular formula is C14H19N5O2S. The summed E-state index contributed by atoms with van der Waals surface area (Å²) in [5.74, 6) is 0.776. The van der Waals surface area contributed by atoms with Crippen molar-refractivity contribution in [3.05, 3.63) is 30.6 Å². The molecule has 0 amide bonds. The second-order valence-corrected chi connectivity index (χ2v) is 7.95. The first-order valence-corrected chi connectivity index (χ1v) is 8.74. The summed E-state index contributed by atoms with van der Waals surface area (Å²) in [6.07, 6.45) is 2.54. The Balaban J connectivity index is 1.86. The number of sulfonamides is 1. The van der Waals surface area contributed by atoms with Crippen LogP contribution in [0.4, 0.5) is 0 Å². The predicted molar refractivity (Wildman–Crippen MR) is 80.9 cm³/mol. The molecule has 0 bridgehead atoms. The topological polar surface area (TPSA) is 81.0 Å². The molecule has 0 N–H and O–H groups in total. The lowest BCUT2D eigenvalue weighted by atomic mass is 9.94. The van der Waals surface area contributed by atoms with Crippen LogP contribution in [0.1, 0.15) is 20.3 Å². The molecule has 0 saturated carbocycles. The van der Waals surface area contributed by atoms with E-state index < -0.39 is 10.0 Å². The minimum Gasteiger partial charge on any atom is -0.207 e. The predicted octanol–water partition coefficient (Wildman–Crippen LogP) is 1.33. The molecule has 2 unspecified atom stereocenters. The standard InChI is InChI=1S/C14H19N5O2S/c1-11-7-12(2)9-18(8-11)22(20,21)14-5-3-13(4-6-14)19-10-15-16-17-19/h3-6,10-12H,7-9H2,1-2H3. The van der Waals surface area contributed by atoms with Gasteiger partial charge in [0.15, 0.2) is 0 Å². The Kier molecular flexibility index (Phi) is 3.96. The van der Waals surface area contributed by atoms with Gasteiger partial charge in [0.05, 0.1) is 10.6 Å². The maximum atomic E-state index is 12.8. The van der Waals surface area contributed by atoms with Crippen molar-refractivity contribution in [1.29, 1.82) is 0 Å². The molecule has 0 spiro atoms. The molecule has 0 aliphatic carbocycles. The van der Waals surface area contributed by atoms with Crippen molar-refractivity contribution in [3.8, 4) is 5.69 Å². The highest BCUT2D eigenvalue weighted by Gasteiger charge is 2.31. The van der Waals surface area contributed by atoms with Crippen LogP contribution in [-0.2, 0) is 10.0 Å². The Morgan fingerprint density at radius 1 is 1.09 bits per heavy atom. The molecule has 0 radical (unpaired) electrons. The molecule has 118 valence electrons. The van der Waals surface area contributed by atoms with Crippen molar-refractivity contribution < 1.29 is 8.42 Å². The largest absolute Gasteiger partial charge is 0.243 e. The molecule has 1 aliphatic heterocycles. The highest BCUT2D eigenvalue weighted by Crippen LogP contribution is 2.26. The van der Waals surface area contributed by atoms with E-state index in [0.29, 0.717) is 29.8 Å². The molecule has 2 atom stereocenters. The summed E-state index contributed by atoms with van der Waals surface area (Å²) in [4.78, 5) is 0.311. The van der Waals surface area contributed by atoms with Crippen LogP contribution in [-0.4, -0.2) is 46.0 Å². The average molecular weight is 321 g/mol. The van der Waals surface area contributed by atoms with Crippen LogP contribution >= 0.6 is 0 Å². The normalized spacial score (nSPS) is 23.5. The highest BCUT2D eigenvalue weighted by atomic mass is 32.2. The molecule has 2 heterocycles. The van der Waals surface area contributed by atoms with Gasteiger partial charge < -0.3 is 0 Å². The Labute approximate surface area is 130 Å². The number of benzene rings is 1. The zero-order valence-electron chi connectivity index (χ0n) is 12.6. The van der Waals surface area contributed by atoms with Crippen LogP contribution in [0, 0.1) is 11.8 Å². The summed E-state index contributed by atoms with van der Waals surface area (Å²) in [6, 6.07) is 6.63. The van der Waals surface area contributed by atoms with Crippen molar-refractivity contribution in [3.63, 3.8) is 0 Å². The van der Waals surface area contributed by atoms with Crippen LogP contribution in [0.2, 0.25) is 0 Å². The van der Waals surface area contributed by atoms with E-state index in [0.717, 1.165) is 12.1 Å². The first-order chi connectivity index (χ1) is 10.5. The lowest BCUT2D eigenvalue weighted by Crippen LogP contribution is -2.42. The Bertz CT molecular complexity index is 717. The SMILES string of the molecule is CC1CC(C)CN(S(=O)(=O)c2ccc(-n3cnnn3)cc2)C1. The third kappa shape index (κ3) is 2.89. The monoisotopic (exact) mass is 321 g/mol. The Morgan fingerprint density at radius 3 is 2.27 bits per heavy atom. The Morgan fingerprint density at radius 2 is 1.73 bits per heavy atom. The fourth-order valence-corrected chi connectivity index (χ4v) is 4.68. The fraction of sp³-hybridized carbons (Fsp3) is 0.500. The first-order valence-electron chi connectivity index (χ1n) is 7.30. The quantitative estimate of drug-likeness (QED) is 0.852.